The molecule has 0 aromatic rings. The molecule has 0 saturated carbocycles. The van der Waals surface area contributed by atoms with Crippen LogP contribution in [0.15, 0.2) is 0 Å². The van der Waals surface area contributed by atoms with Gasteiger partial charge in [-0.1, -0.05) is 0 Å². The summed E-state index contributed by atoms with van der Waals surface area (Å²) >= 11 is 0. The van der Waals surface area contributed by atoms with Gasteiger partial charge in [0.05, 0.1) is 0 Å². The third-order valence-corrected chi connectivity index (χ3v) is 2.22. The van der Waals surface area contributed by atoms with Gasteiger partial charge in [0, 0.05) is 33.2 Å². The first kappa shape index (κ1) is 10.8. The van der Waals surface area contributed by atoms with Gasteiger partial charge in [-0.2, -0.15) is 0 Å². The number of carbonyl (C=O) groups is 2. The van der Waals surface area contributed by atoms with Crippen molar-refractivity contribution in [1.82, 2.24) is 15.1 Å². The molecule has 3 amide bonds. The molecule has 6 heteroatoms. The quantitative estimate of drug-likeness (QED) is 0.565. The van der Waals surface area contributed by atoms with E-state index in [4.69, 9.17) is 5.73 Å². The average molecular weight is 200 g/mol. The van der Waals surface area contributed by atoms with Crippen LogP contribution in [0, 0.1) is 0 Å². The van der Waals surface area contributed by atoms with Gasteiger partial charge in [-0.05, 0) is 0 Å². The van der Waals surface area contributed by atoms with Crippen LogP contribution in [0.4, 0.5) is 4.79 Å². The molecule has 80 valence electrons. The molecule has 1 rings (SSSR count). The Labute approximate surface area is 83.0 Å². The van der Waals surface area contributed by atoms with E-state index < -0.39 is 6.03 Å². The number of likely N-dealkylation sites (N-methyl/N-ethyl adjacent to an activating group) is 1. The van der Waals surface area contributed by atoms with Crippen molar-refractivity contribution in [3.8, 4) is 0 Å². The number of piperazine rings is 1. The summed E-state index contributed by atoms with van der Waals surface area (Å²) in [6.07, 6.45) is 0. The van der Waals surface area contributed by atoms with E-state index >= 15 is 0 Å². The van der Waals surface area contributed by atoms with Crippen LogP contribution >= 0.6 is 0 Å². The highest BCUT2D eigenvalue weighted by Gasteiger charge is 2.18. The smallest absolute Gasteiger partial charge is 0.314 e. The van der Waals surface area contributed by atoms with Crippen molar-refractivity contribution < 1.29 is 9.59 Å². The van der Waals surface area contributed by atoms with Gasteiger partial charge in [0.15, 0.2) is 0 Å². The summed E-state index contributed by atoms with van der Waals surface area (Å²) in [5, 5.41) is 3.15. The molecule has 1 heterocycles. The zero-order valence-corrected chi connectivity index (χ0v) is 8.32. The summed E-state index contributed by atoms with van der Waals surface area (Å²) in [5.41, 5.74) is 5.02. The number of nitrogens with zero attached hydrogens (tertiary/aromatic N) is 2. The highest BCUT2D eigenvalue weighted by Crippen LogP contribution is 1.95. The molecule has 6 nitrogen and oxygen atoms in total. The lowest BCUT2D eigenvalue weighted by Gasteiger charge is -2.28. The molecular formula is C8H16N4O2. The fourth-order valence-corrected chi connectivity index (χ4v) is 1.30. The Bertz CT molecular complexity index is 225. The monoisotopic (exact) mass is 200 g/mol. The van der Waals surface area contributed by atoms with Gasteiger partial charge in [0.1, 0.15) is 6.54 Å². The minimum absolute atomic E-state index is 0.0483. The number of rotatable bonds is 2. The topological polar surface area (TPSA) is 78.7 Å². The molecule has 0 atom stereocenters. The molecule has 0 radical (unpaired) electrons. The zero-order chi connectivity index (χ0) is 10.6. The Morgan fingerprint density at radius 1 is 1.43 bits per heavy atom. The molecule has 1 aliphatic rings. The van der Waals surface area contributed by atoms with Gasteiger partial charge >= 0.3 is 6.03 Å². The van der Waals surface area contributed by atoms with Gasteiger partial charge in [0.2, 0.25) is 5.91 Å². The highest BCUT2D eigenvalue weighted by atomic mass is 16.2. The third-order valence-electron chi connectivity index (χ3n) is 2.22. The van der Waals surface area contributed by atoms with Crippen LogP contribution < -0.4 is 11.1 Å². The molecule has 1 fully saturated rings. The number of urea groups is 1. The Kier molecular flexibility index (Phi) is 3.70. The second-order valence-electron chi connectivity index (χ2n) is 3.33. The van der Waals surface area contributed by atoms with Gasteiger partial charge in [-0.25, -0.2) is 4.79 Å². The molecule has 1 aliphatic heterocycles. The summed E-state index contributed by atoms with van der Waals surface area (Å²) in [6.45, 7) is 3.09. The van der Waals surface area contributed by atoms with E-state index in [1.165, 1.54) is 11.9 Å². The number of nitrogens with one attached hydrogen (secondary N) is 1. The molecule has 0 unspecified atom stereocenters. The van der Waals surface area contributed by atoms with E-state index in [-0.39, 0.29) is 12.5 Å². The molecule has 0 bridgehead atoms. The minimum Gasteiger partial charge on any atom is -0.351 e. The summed E-state index contributed by atoms with van der Waals surface area (Å²) in [4.78, 5) is 25.2. The van der Waals surface area contributed by atoms with Crippen molar-refractivity contribution in [1.29, 1.82) is 0 Å². The van der Waals surface area contributed by atoms with Crippen molar-refractivity contribution in [2.45, 2.75) is 0 Å². The number of primary amides is 1. The first-order valence-electron chi connectivity index (χ1n) is 4.60. The lowest BCUT2D eigenvalue weighted by molar-refractivity contribution is -0.132. The predicted octanol–water partition coefficient (Wildman–Crippen LogP) is -1.57. The molecule has 0 aromatic carbocycles. The maximum atomic E-state index is 11.6. The van der Waals surface area contributed by atoms with E-state index in [1.807, 2.05) is 0 Å². The SMILES string of the molecule is CN(CC(=O)N1CCNCC1)C(N)=O. The summed E-state index contributed by atoms with van der Waals surface area (Å²) in [5.74, 6) is -0.0483. The van der Waals surface area contributed by atoms with E-state index in [9.17, 15) is 9.59 Å². The number of amides is 3. The lowest BCUT2D eigenvalue weighted by Crippen LogP contribution is -2.50. The van der Waals surface area contributed by atoms with E-state index in [1.54, 1.807) is 4.90 Å². The van der Waals surface area contributed by atoms with Crippen LogP contribution in [0.5, 0.6) is 0 Å². The van der Waals surface area contributed by atoms with Crippen molar-refractivity contribution in [2.75, 3.05) is 39.8 Å². The van der Waals surface area contributed by atoms with Crippen LogP contribution in [0.25, 0.3) is 0 Å². The molecule has 1 saturated heterocycles. The number of nitrogens with two attached hydrogens (primary N) is 1. The van der Waals surface area contributed by atoms with Gasteiger partial charge < -0.3 is 20.9 Å². The second kappa shape index (κ2) is 4.80. The molecule has 0 aromatic heterocycles. The van der Waals surface area contributed by atoms with E-state index in [0.29, 0.717) is 13.1 Å². The fourth-order valence-electron chi connectivity index (χ4n) is 1.30. The Morgan fingerprint density at radius 3 is 2.50 bits per heavy atom. The van der Waals surface area contributed by atoms with E-state index in [2.05, 4.69) is 5.32 Å². The maximum absolute atomic E-state index is 11.6. The molecule has 14 heavy (non-hydrogen) atoms. The molecule has 0 spiro atoms. The fraction of sp³-hybridized carbons (Fsp3) is 0.750. The predicted molar refractivity (Wildman–Crippen MR) is 51.7 cm³/mol. The van der Waals surface area contributed by atoms with Crippen molar-refractivity contribution in [2.24, 2.45) is 5.73 Å². The molecule has 3 N–H and O–H groups in total. The number of hydrogen-bond donors (Lipinski definition) is 2. The highest BCUT2D eigenvalue weighted by molar-refractivity contribution is 5.83. The summed E-state index contributed by atoms with van der Waals surface area (Å²) in [6, 6.07) is -0.575. The molecular weight excluding hydrogens is 184 g/mol. The normalized spacial score (nSPS) is 16.5. The largest absolute Gasteiger partial charge is 0.351 e. The standard InChI is InChI=1S/C8H16N4O2/c1-11(8(9)14)6-7(13)12-4-2-10-3-5-12/h10H,2-6H2,1H3,(H2,9,14). The Morgan fingerprint density at radius 2 is 2.00 bits per heavy atom. The van der Waals surface area contributed by atoms with Crippen LogP contribution in [0.3, 0.4) is 0 Å². The first-order valence-corrected chi connectivity index (χ1v) is 4.60. The lowest BCUT2D eigenvalue weighted by atomic mass is 10.3. The maximum Gasteiger partial charge on any atom is 0.314 e. The average Bonchev–Trinajstić information content (AvgIpc) is 2.19. The van der Waals surface area contributed by atoms with Gasteiger partial charge in [-0.15, -0.1) is 0 Å². The Balaban J connectivity index is 2.36. The van der Waals surface area contributed by atoms with Crippen LogP contribution in [-0.2, 0) is 4.79 Å². The first-order chi connectivity index (χ1) is 6.61. The third kappa shape index (κ3) is 2.88. The molecule has 0 aliphatic carbocycles. The van der Waals surface area contributed by atoms with E-state index in [0.717, 1.165) is 13.1 Å². The van der Waals surface area contributed by atoms with Gasteiger partial charge in [-0.3, -0.25) is 4.79 Å². The second-order valence-corrected chi connectivity index (χ2v) is 3.33. The van der Waals surface area contributed by atoms with Crippen LogP contribution in [0.1, 0.15) is 0 Å². The van der Waals surface area contributed by atoms with Gasteiger partial charge in [0.25, 0.3) is 0 Å². The van der Waals surface area contributed by atoms with Crippen LogP contribution in [-0.4, -0.2) is 61.5 Å². The van der Waals surface area contributed by atoms with Crippen molar-refractivity contribution >= 4 is 11.9 Å². The number of carbonyl (C=O) groups excluding carboxylic acids is 2. The minimum atomic E-state index is -0.575. The van der Waals surface area contributed by atoms with Crippen molar-refractivity contribution in [3.05, 3.63) is 0 Å². The number of hydrogen-bond acceptors (Lipinski definition) is 3. The van der Waals surface area contributed by atoms with Crippen LogP contribution in [0.2, 0.25) is 0 Å². The zero-order valence-electron chi connectivity index (χ0n) is 8.32. The summed E-state index contributed by atoms with van der Waals surface area (Å²) in [7, 11) is 1.52. The van der Waals surface area contributed by atoms with Crippen molar-refractivity contribution in [3.63, 3.8) is 0 Å². The Hall–Kier alpha value is -1.30. The summed E-state index contributed by atoms with van der Waals surface area (Å²) < 4.78 is 0.